The molecule has 0 spiro atoms. The average molecular weight is 430 g/mol. The van der Waals surface area contributed by atoms with E-state index in [0.717, 1.165) is 36.7 Å². The fourth-order valence-corrected chi connectivity index (χ4v) is 6.16. The van der Waals surface area contributed by atoms with E-state index in [1.165, 1.54) is 0 Å². The van der Waals surface area contributed by atoms with Gasteiger partial charge in [0.1, 0.15) is 0 Å². The van der Waals surface area contributed by atoms with Gasteiger partial charge in [0, 0.05) is 38.1 Å². The molecule has 2 heterocycles. The summed E-state index contributed by atoms with van der Waals surface area (Å²) in [5.41, 5.74) is 0. The first kappa shape index (κ1) is 21.3. The molecule has 2 fully saturated rings. The van der Waals surface area contributed by atoms with Crippen LogP contribution in [0.15, 0.2) is 47.4 Å². The van der Waals surface area contributed by atoms with Gasteiger partial charge in [0.05, 0.1) is 4.90 Å². The molecule has 0 radical (unpaired) electrons. The molecular weight excluding hydrogens is 398 g/mol. The number of carbonyl (C=O) groups excluding carboxylic acids is 1. The summed E-state index contributed by atoms with van der Waals surface area (Å²) in [5, 5.41) is 1.95. The number of piperidine rings is 2. The van der Waals surface area contributed by atoms with Gasteiger partial charge < -0.3 is 9.80 Å². The SMILES string of the molecule is CN(C)C1CCCN(C(=O)C2CCN(S(=O)(=O)c3ccc4ccccc4c3)CC2)C1. The Bertz CT molecular complexity index is 1010. The van der Waals surface area contributed by atoms with E-state index in [2.05, 4.69) is 19.0 Å². The van der Waals surface area contributed by atoms with Crippen LogP contribution in [0.1, 0.15) is 25.7 Å². The van der Waals surface area contributed by atoms with Crippen LogP contribution in [0.25, 0.3) is 10.8 Å². The lowest BCUT2D eigenvalue weighted by atomic mass is 9.94. The first-order valence-electron chi connectivity index (χ1n) is 10.8. The molecule has 0 aromatic heterocycles. The van der Waals surface area contributed by atoms with Crippen LogP contribution < -0.4 is 0 Å². The third-order valence-electron chi connectivity index (χ3n) is 6.60. The zero-order chi connectivity index (χ0) is 21.3. The second kappa shape index (κ2) is 8.65. The normalized spacial score (nSPS) is 22.0. The third kappa shape index (κ3) is 4.24. The van der Waals surface area contributed by atoms with Crippen LogP contribution >= 0.6 is 0 Å². The van der Waals surface area contributed by atoms with E-state index in [9.17, 15) is 13.2 Å². The fourth-order valence-electron chi connectivity index (χ4n) is 4.65. The van der Waals surface area contributed by atoms with E-state index >= 15 is 0 Å². The van der Waals surface area contributed by atoms with Gasteiger partial charge in [-0.2, -0.15) is 4.31 Å². The van der Waals surface area contributed by atoms with Crippen molar-refractivity contribution in [2.45, 2.75) is 36.6 Å². The maximum absolute atomic E-state index is 13.2. The highest BCUT2D eigenvalue weighted by molar-refractivity contribution is 7.89. The third-order valence-corrected chi connectivity index (χ3v) is 8.49. The molecule has 4 rings (SSSR count). The van der Waals surface area contributed by atoms with E-state index in [1.54, 1.807) is 16.4 Å². The monoisotopic (exact) mass is 429 g/mol. The van der Waals surface area contributed by atoms with Crippen molar-refractivity contribution in [2.75, 3.05) is 40.3 Å². The number of likely N-dealkylation sites (tertiary alicyclic amines) is 1. The van der Waals surface area contributed by atoms with Crippen molar-refractivity contribution < 1.29 is 13.2 Å². The van der Waals surface area contributed by atoms with Gasteiger partial charge in [-0.15, -0.1) is 0 Å². The smallest absolute Gasteiger partial charge is 0.243 e. The number of fused-ring (bicyclic) bond motifs is 1. The predicted molar refractivity (Wildman–Crippen MR) is 119 cm³/mol. The molecular formula is C23H31N3O3S. The van der Waals surface area contributed by atoms with Gasteiger partial charge in [0.25, 0.3) is 0 Å². The molecule has 1 amide bonds. The summed E-state index contributed by atoms with van der Waals surface area (Å²) in [7, 11) is 0.583. The molecule has 2 aromatic rings. The van der Waals surface area contributed by atoms with Gasteiger partial charge in [-0.05, 0) is 62.7 Å². The molecule has 30 heavy (non-hydrogen) atoms. The van der Waals surface area contributed by atoms with Gasteiger partial charge >= 0.3 is 0 Å². The summed E-state index contributed by atoms with van der Waals surface area (Å²) in [4.78, 5) is 17.5. The molecule has 0 N–H and O–H groups in total. The quantitative estimate of drug-likeness (QED) is 0.750. The Balaban J connectivity index is 1.41. The van der Waals surface area contributed by atoms with Gasteiger partial charge in [-0.1, -0.05) is 30.3 Å². The minimum Gasteiger partial charge on any atom is -0.341 e. The van der Waals surface area contributed by atoms with Crippen molar-refractivity contribution in [3.63, 3.8) is 0 Å². The highest BCUT2D eigenvalue weighted by Crippen LogP contribution is 2.28. The maximum Gasteiger partial charge on any atom is 0.243 e. The minimum absolute atomic E-state index is 0.0750. The first-order chi connectivity index (χ1) is 14.4. The topological polar surface area (TPSA) is 60.9 Å². The average Bonchev–Trinajstić information content (AvgIpc) is 2.78. The number of amides is 1. The first-order valence-corrected chi connectivity index (χ1v) is 12.2. The zero-order valence-corrected chi connectivity index (χ0v) is 18.6. The molecule has 2 aliphatic rings. The Hall–Kier alpha value is -1.96. The molecule has 1 unspecified atom stereocenters. The van der Waals surface area contributed by atoms with Gasteiger partial charge in [-0.3, -0.25) is 4.79 Å². The van der Waals surface area contributed by atoms with E-state index in [-0.39, 0.29) is 11.8 Å². The molecule has 2 saturated heterocycles. The summed E-state index contributed by atoms with van der Waals surface area (Å²) in [6.45, 7) is 2.40. The predicted octanol–water partition coefficient (Wildman–Crippen LogP) is 2.79. The summed E-state index contributed by atoms with van der Waals surface area (Å²) in [6, 6.07) is 13.5. The number of rotatable bonds is 4. The second-order valence-electron chi connectivity index (χ2n) is 8.73. The molecule has 0 bridgehead atoms. The number of nitrogens with zero attached hydrogens (tertiary/aromatic N) is 3. The summed E-state index contributed by atoms with van der Waals surface area (Å²) < 4.78 is 27.8. The van der Waals surface area contributed by atoms with Crippen molar-refractivity contribution in [1.82, 2.24) is 14.1 Å². The van der Waals surface area contributed by atoms with Crippen LogP contribution in [0.2, 0.25) is 0 Å². The number of benzene rings is 2. The maximum atomic E-state index is 13.2. The minimum atomic E-state index is -3.55. The lowest BCUT2D eigenvalue weighted by molar-refractivity contribution is -0.138. The largest absolute Gasteiger partial charge is 0.341 e. The Labute approximate surface area is 179 Å². The summed E-state index contributed by atoms with van der Waals surface area (Å²) in [5.74, 6) is 0.123. The van der Waals surface area contributed by atoms with Crippen molar-refractivity contribution >= 4 is 26.7 Å². The molecule has 0 aliphatic carbocycles. The van der Waals surface area contributed by atoms with Gasteiger partial charge in [-0.25, -0.2) is 8.42 Å². The Morgan fingerprint density at radius 3 is 2.37 bits per heavy atom. The number of hydrogen-bond donors (Lipinski definition) is 0. The van der Waals surface area contributed by atoms with Crippen LogP contribution in [0.4, 0.5) is 0 Å². The van der Waals surface area contributed by atoms with Crippen molar-refractivity contribution in [2.24, 2.45) is 5.92 Å². The highest BCUT2D eigenvalue weighted by atomic mass is 32.2. The van der Waals surface area contributed by atoms with E-state index < -0.39 is 10.0 Å². The highest BCUT2D eigenvalue weighted by Gasteiger charge is 2.35. The molecule has 2 aliphatic heterocycles. The number of sulfonamides is 1. The zero-order valence-electron chi connectivity index (χ0n) is 17.8. The Morgan fingerprint density at radius 1 is 0.967 bits per heavy atom. The van der Waals surface area contributed by atoms with E-state index in [4.69, 9.17) is 0 Å². The Morgan fingerprint density at radius 2 is 1.67 bits per heavy atom. The van der Waals surface area contributed by atoms with Gasteiger partial charge in [0.2, 0.25) is 15.9 Å². The summed E-state index contributed by atoms with van der Waals surface area (Å²) >= 11 is 0. The second-order valence-corrected chi connectivity index (χ2v) is 10.7. The van der Waals surface area contributed by atoms with Crippen molar-refractivity contribution in [3.8, 4) is 0 Å². The van der Waals surface area contributed by atoms with Crippen LogP contribution in [-0.2, 0) is 14.8 Å². The lowest BCUT2D eigenvalue weighted by Gasteiger charge is -2.39. The lowest BCUT2D eigenvalue weighted by Crippen LogP contribution is -2.51. The summed E-state index contributed by atoms with van der Waals surface area (Å²) in [6.07, 6.45) is 3.34. The number of carbonyl (C=O) groups is 1. The fraction of sp³-hybridized carbons (Fsp3) is 0.522. The van der Waals surface area contributed by atoms with Crippen LogP contribution in [0.5, 0.6) is 0 Å². The van der Waals surface area contributed by atoms with Crippen molar-refractivity contribution in [3.05, 3.63) is 42.5 Å². The van der Waals surface area contributed by atoms with Crippen LogP contribution in [-0.4, -0.2) is 74.7 Å². The number of hydrogen-bond acceptors (Lipinski definition) is 4. The van der Waals surface area contributed by atoms with Crippen LogP contribution in [0.3, 0.4) is 0 Å². The molecule has 0 saturated carbocycles. The molecule has 6 nitrogen and oxygen atoms in total. The molecule has 2 aromatic carbocycles. The van der Waals surface area contributed by atoms with E-state index in [0.29, 0.717) is 36.9 Å². The molecule has 1 atom stereocenters. The number of likely N-dealkylation sites (N-methyl/N-ethyl adjacent to an activating group) is 1. The van der Waals surface area contributed by atoms with Crippen molar-refractivity contribution in [1.29, 1.82) is 0 Å². The molecule has 7 heteroatoms. The Kier molecular flexibility index (Phi) is 6.14. The van der Waals surface area contributed by atoms with Gasteiger partial charge in [0.15, 0.2) is 0 Å². The van der Waals surface area contributed by atoms with E-state index in [1.807, 2.05) is 35.2 Å². The standard InChI is InChI=1S/C23H31N3O3S/c1-24(2)21-8-5-13-25(17-21)23(27)19-11-14-26(15-12-19)30(28,29)22-10-9-18-6-3-4-7-20(18)16-22/h3-4,6-7,9-10,16,19,21H,5,8,11-15,17H2,1-2H3. The van der Waals surface area contributed by atoms with Crippen LogP contribution in [0, 0.1) is 5.92 Å². The molecule has 162 valence electrons.